The molecule has 7 nitrogen and oxygen atoms in total. The highest BCUT2D eigenvalue weighted by Crippen LogP contribution is 2.26. The molecule has 2 heterocycles. The van der Waals surface area contributed by atoms with Crippen molar-refractivity contribution in [2.24, 2.45) is 0 Å². The first kappa shape index (κ1) is 16.9. The topological polar surface area (TPSA) is 87.7 Å². The van der Waals surface area contributed by atoms with E-state index < -0.39 is 6.04 Å². The van der Waals surface area contributed by atoms with Crippen LogP contribution in [0.3, 0.4) is 0 Å². The van der Waals surface area contributed by atoms with Crippen LogP contribution in [0.25, 0.3) is 0 Å². The van der Waals surface area contributed by atoms with Crippen LogP contribution in [0.5, 0.6) is 5.75 Å². The van der Waals surface area contributed by atoms with Crippen molar-refractivity contribution in [2.45, 2.75) is 18.5 Å². The first-order chi connectivity index (χ1) is 11.4. The molecule has 2 aliphatic rings. The summed E-state index contributed by atoms with van der Waals surface area (Å²) in [5.41, 5.74) is 0. The molecule has 0 saturated carbocycles. The second-order valence-corrected chi connectivity index (χ2v) is 6.46. The van der Waals surface area contributed by atoms with Gasteiger partial charge in [-0.15, -0.1) is 0 Å². The van der Waals surface area contributed by atoms with Crippen molar-refractivity contribution >= 4 is 40.9 Å². The van der Waals surface area contributed by atoms with Gasteiger partial charge in [0.2, 0.25) is 11.8 Å². The molecule has 0 bridgehead atoms. The average molecular weight is 372 g/mol. The molecule has 2 saturated heterocycles. The molecule has 1 aromatic rings. The summed E-state index contributed by atoms with van der Waals surface area (Å²) in [5.74, 6) is -0.224. The van der Waals surface area contributed by atoms with Gasteiger partial charge in [-0.2, -0.15) is 0 Å². The molecule has 0 unspecified atom stereocenters. The largest absolute Gasteiger partial charge is 0.484 e. The van der Waals surface area contributed by atoms with Crippen molar-refractivity contribution in [2.75, 3.05) is 19.7 Å². The van der Waals surface area contributed by atoms with Gasteiger partial charge >= 0.3 is 0 Å². The van der Waals surface area contributed by atoms with Gasteiger partial charge in [0, 0.05) is 18.7 Å². The second kappa shape index (κ2) is 6.86. The van der Waals surface area contributed by atoms with Crippen LogP contribution in [-0.2, 0) is 14.4 Å². The first-order valence-corrected chi connectivity index (χ1v) is 8.14. The van der Waals surface area contributed by atoms with Crippen LogP contribution in [0.15, 0.2) is 18.2 Å². The molecule has 0 aliphatic carbocycles. The molecule has 24 heavy (non-hydrogen) atoms. The van der Waals surface area contributed by atoms with Crippen LogP contribution in [0, 0.1) is 0 Å². The lowest BCUT2D eigenvalue weighted by Gasteiger charge is -2.28. The van der Waals surface area contributed by atoms with Gasteiger partial charge in [-0.3, -0.25) is 14.4 Å². The highest BCUT2D eigenvalue weighted by atomic mass is 35.5. The van der Waals surface area contributed by atoms with Crippen molar-refractivity contribution in [3.05, 3.63) is 28.2 Å². The van der Waals surface area contributed by atoms with Crippen molar-refractivity contribution in [3.63, 3.8) is 0 Å². The Hall–Kier alpha value is -1.99. The maximum Gasteiger partial charge on any atom is 0.258 e. The van der Waals surface area contributed by atoms with Crippen LogP contribution < -0.4 is 15.4 Å². The number of ether oxygens (including phenoxy) is 1. The predicted molar refractivity (Wildman–Crippen MR) is 87.0 cm³/mol. The predicted octanol–water partition coefficient (Wildman–Crippen LogP) is 0.588. The van der Waals surface area contributed by atoms with E-state index in [1.165, 1.54) is 11.0 Å². The number of piperazine rings is 1. The third-order valence-corrected chi connectivity index (χ3v) is 4.70. The third-order valence-electron chi connectivity index (χ3n) is 3.96. The molecule has 2 fully saturated rings. The monoisotopic (exact) mass is 371 g/mol. The maximum atomic E-state index is 12.0. The Balaban J connectivity index is 1.51. The summed E-state index contributed by atoms with van der Waals surface area (Å²) in [5, 5.41) is 6.06. The lowest BCUT2D eigenvalue weighted by atomic mass is 10.1. The number of hydrogen-bond acceptors (Lipinski definition) is 4. The molecule has 128 valence electrons. The quantitative estimate of drug-likeness (QED) is 0.810. The minimum Gasteiger partial charge on any atom is -0.484 e. The van der Waals surface area contributed by atoms with Gasteiger partial charge in [-0.25, -0.2) is 0 Å². The number of fused-ring (bicyclic) bond motifs is 1. The summed E-state index contributed by atoms with van der Waals surface area (Å²) in [6, 6.07) is 3.94. The van der Waals surface area contributed by atoms with E-state index in [1.807, 2.05) is 0 Å². The van der Waals surface area contributed by atoms with E-state index in [-0.39, 0.29) is 36.9 Å². The number of amides is 3. The smallest absolute Gasteiger partial charge is 0.258 e. The van der Waals surface area contributed by atoms with Crippen molar-refractivity contribution < 1.29 is 19.1 Å². The van der Waals surface area contributed by atoms with Crippen LogP contribution in [0.4, 0.5) is 0 Å². The molecule has 9 heteroatoms. The number of carbonyl (C=O) groups excluding carboxylic acids is 3. The minimum absolute atomic E-state index is 0.0104. The fourth-order valence-electron chi connectivity index (χ4n) is 2.83. The molecule has 3 amide bonds. The van der Waals surface area contributed by atoms with Gasteiger partial charge in [0.25, 0.3) is 5.91 Å². The van der Waals surface area contributed by atoms with Gasteiger partial charge in [0.05, 0.1) is 16.6 Å². The number of halogens is 2. The summed E-state index contributed by atoms with van der Waals surface area (Å²) >= 11 is 11.7. The number of rotatable bonds is 4. The number of nitrogens with one attached hydrogen (secondary N) is 2. The zero-order valence-corrected chi connectivity index (χ0v) is 14.1. The molecule has 1 aromatic carbocycles. The van der Waals surface area contributed by atoms with E-state index >= 15 is 0 Å². The summed E-state index contributed by atoms with van der Waals surface area (Å²) in [4.78, 5) is 37.0. The third kappa shape index (κ3) is 3.57. The van der Waals surface area contributed by atoms with Gasteiger partial charge in [0.1, 0.15) is 11.8 Å². The highest BCUT2D eigenvalue weighted by Gasteiger charge is 2.42. The minimum atomic E-state index is -0.507. The Morgan fingerprint density at radius 3 is 2.83 bits per heavy atom. The first-order valence-electron chi connectivity index (χ1n) is 7.38. The molecule has 2 aliphatic heterocycles. The van der Waals surface area contributed by atoms with E-state index in [0.29, 0.717) is 28.8 Å². The van der Waals surface area contributed by atoms with Crippen LogP contribution in [-0.4, -0.2) is 54.4 Å². The van der Waals surface area contributed by atoms with Gasteiger partial charge in [-0.1, -0.05) is 23.2 Å². The normalized spacial score (nSPS) is 22.8. The Labute approximate surface area is 148 Å². The average Bonchev–Trinajstić information content (AvgIpc) is 2.97. The molecule has 3 rings (SSSR count). The van der Waals surface area contributed by atoms with Crippen molar-refractivity contribution in [3.8, 4) is 5.75 Å². The second-order valence-electron chi connectivity index (χ2n) is 5.64. The van der Waals surface area contributed by atoms with E-state index in [4.69, 9.17) is 27.9 Å². The number of hydrogen-bond donors (Lipinski definition) is 2. The van der Waals surface area contributed by atoms with E-state index in [1.54, 1.807) is 12.1 Å². The fourth-order valence-corrected chi connectivity index (χ4v) is 3.12. The summed E-state index contributed by atoms with van der Waals surface area (Å²) in [6.45, 7) is 0.144. The molecule has 0 spiro atoms. The van der Waals surface area contributed by atoms with Crippen molar-refractivity contribution in [1.29, 1.82) is 0 Å². The Morgan fingerprint density at radius 1 is 1.33 bits per heavy atom. The SMILES string of the molecule is O=C(COc1ccc(Cl)c(Cl)c1)N[C@@H]1C[C@H]2C(=O)NCC(=O)N2C1. The zero-order valence-electron chi connectivity index (χ0n) is 12.6. The lowest BCUT2D eigenvalue weighted by molar-refractivity contribution is -0.143. The number of nitrogens with zero attached hydrogens (tertiary/aromatic N) is 1. The molecule has 0 radical (unpaired) electrons. The molecule has 2 N–H and O–H groups in total. The Bertz CT molecular complexity index is 673. The highest BCUT2D eigenvalue weighted by molar-refractivity contribution is 6.42. The van der Waals surface area contributed by atoms with Gasteiger partial charge in [0.15, 0.2) is 6.61 Å². The lowest BCUT2D eigenvalue weighted by Crippen LogP contribution is -2.55. The van der Waals surface area contributed by atoms with E-state index in [0.717, 1.165) is 0 Å². The molecule has 0 aromatic heterocycles. The number of carbonyl (C=O) groups is 3. The molecular formula is C15H15Cl2N3O4. The summed E-state index contributed by atoms with van der Waals surface area (Å²) in [7, 11) is 0. The van der Waals surface area contributed by atoms with E-state index in [9.17, 15) is 14.4 Å². The zero-order chi connectivity index (χ0) is 17.3. The Morgan fingerprint density at radius 2 is 2.12 bits per heavy atom. The van der Waals surface area contributed by atoms with Gasteiger partial charge < -0.3 is 20.3 Å². The van der Waals surface area contributed by atoms with E-state index in [2.05, 4.69) is 10.6 Å². The number of benzene rings is 1. The van der Waals surface area contributed by atoms with Crippen LogP contribution >= 0.6 is 23.2 Å². The fraction of sp³-hybridized carbons (Fsp3) is 0.400. The van der Waals surface area contributed by atoms with Gasteiger partial charge in [-0.05, 0) is 18.6 Å². The summed E-state index contributed by atoms with van der Waals surface area (Å²) in [6.07, 6.45) is 0.399. The van der Waals surface area contributed by atoms with Crippen molar-refractivity contribution in [1.82, 2.24) is 15.5 Å². The van der Waals surface area contributed by atoms with Crippen LogP contribution in [0.1, 0.15) is 6.42 Å². The molecular weight excluding hydrogens is 357 g/mol. The summed E-state index contributed by atoms with van der Waals surface area (Å²) < 4.78 is 5.36. The Kier molecular flexibility index (Phi) is 4.82. The molecule has 2 atom stereocenters. The van der Waals surface area contributed by atoms with Crippen LogP contribution in [0.2, 0.25) is 10.0 Å². The maximum absolute atomic E-state index is 12.0. The standard InChI is InChI=1S/C15H15Cl2N3O4/c16-10-2-1-9(4-11(10)17)24-7-13(21)19-8-3-12-15(23)18-5-14(22)20(12)6-8/h1-2,4,8,12H,3,5-7H2,(H,18,23)(H,19,21)/t8-,12+/m1/s1.